The summed E-state index contributed by atoms with van der Waals surface area (Å²) in [6.07, 6.45) is -2.79. The maximum Gasteiger partial charge on any atom is 0.194 e. The highest BCUT2D eigenvalue weighted by Crippen LogP contribution is 2.39. The first kappa shape index (κ1) is 28.8. The zero-order valence-electron chi connectivity index (χ0n) is 22.7. The van der Waals surface area contributed by atoms with E-state index in [9.17, 15) is 28.5 Å². The van der Waals surface area contributed by atoms with Gasteiger partial charge in [0.15, 0.2) is 28.4 Å². The number of anilines is 1. The Labute approximate surface area is 250 Å². The topological polar surface area (TPSA) is 157 Å². The van der Waals surface area contributed by atoms with Gasteiger partial charge in [-0.3, -0.25) is 0 Å². The fourth-order valence-electron chi connectivity index (χ4n) is 5.45. The van der Waals surface area contributed by atoms with E-state index in [1.54, 1.807) is 6.07 Å². The van der Waals surface area contributed by atoms with E-state index in [0.29, 0.717) is 18.9 Å². The zero-order valence-corrected chi connectivity index (χ0v) is 23.6. The van der Waals surface area contributed by atoms with Gasteiger partial charge in [0.1, 0.15) is 42.5 Å². The summed E-state index contributed by atoms with van der Waals surface area (Å²) in [6, 6.07) is 5.84. The van der Waals surface area contributed by atoms with Crippen LogP contribution in [0.4, 0.5) is 18.3 Å². The Balaban J connectivity index is 1.20. The molecular formula is C27H25F3N8O5S. The van der Waals surface area contributed by atoms with Crippen molar-refractivity contribution in [2.24, 2.45) is 0 Å². The number of aromatic nitrogens is 7. The zero-order chi connectivity index (χ0) is 30.5. The van der Waals surface area contributed by atoms with Crippen molar-refractivity contribution in [2.45, 2.75) is 30.5 Å². The lowest BCUT2D eigenvalue weighted by molar-refractivity contribution is -0.210. The molecule has 0 bridgehead atoms. The minimum Gasteiger partial charge on any atom is -0.394 e. The molecule has 5 atom stereocenters. The van der Waals surface area contributed by atoms with E-state index in [1.165, 1.54) is 28.5 Å². The van der Waals surface area contributed by atoms with Crippen LogP contribution in [0.2, 0.25) is 0 Å². The van der Waals surface area contributed by atoms with Crippen LogP contribution in [0.5, 0.6) is 0 Å². The standard InChI is InChI=1S/C27H25F3N8O5S/c28-15-7-13(8-16(29)21(15)30)18-10-37(35-34-18)22-23(40)19(11-39)43-25(24(22)41)26-31-12-32-38(26)14-1-2-17-20(9-14)44-27(33-17)36-3-5-42-6-4-36/h1-2,7-10,12,19,22-25,39-41H,3-6,11H2/t19-,22+,23+,24-,25-/m1/s1. The Morgan fingerprint density at radius 2 is 1.80 bits per heavy atom. The number of nitrogens with zero attached hydrogens (tertiary/aromatic N) is 8. The average molecular weight is 631 g/mol. The summed E-state index contributed by atoms with van der Waals surface area (Å²) in [5.41, 5.74) is 1.28. The lowest BCUT2D eigenvalue weighted by atomic mass is 9.92. The van der Waals surface area contributed by atoms with Crippen molar-refractivity contribution in [3.8, 4) is 16.9 Å². The Hall–Kier alpha value is -4.00. The fraction of sp³-hybridized carbons (Fsp3) is 0.370. The van der Waals surface area contributed by atoms with Gasteiger partial charge in [0.25, 0.3) is 0 Å². The van der Waals surface area contributed by atoms with Crippen molar-refractivity contribution in [3.63, 3.8) is 0 Å². The van der Waals surface area contributed by atoms with E-state index in [1.807, 2.05) is 12.1 Å². The number of halogens is 3. The number of hydrogen-bond acceptors (Lipinski definition) is 12. The molecule has 0 aliphatic carbocycles. The first-order valence-electron chi connectivity index (χ1n) is 13.6. The molecule has 0 saturated carbocycles. The molecule has 0 radical (unpaired) electrons. The molecule has 0 spiro atoms. The van der Waals surface area contributed by atoms with E-state index < -0.39 is 54.5 Å². The minimum absolute atomic E-state index is 0.0386. The van der Waals surface area contributed by atoms with E-state index in [0.717, 1.165) is 45.3 Å². The second-order valence-corrected chi connectivity index (χ2v) is 11.4. The third-order valence-corrected chi connectivity index (χ3v) is 8.78. The summed E-state index contributed by atoms with van der Waals surface area (Å²) in [6.45, 7) is 2.16. The number of ether oxygens (including phenoxy) is 2. The van der Waals surface area contributed by atoms with Gasteiger partial charge >= 0.3 is 0 Å². The molecule has 0 unspecified atom stereocenters. The molecular weight excluding hydrogens is 605 g/mol. The van der Waals surface area contributed by atoms with E-state index in [-0.39, 0.29) is 17.1 Å². The van der Waals surface area contributed by atoms with E-state index in [4.69, 9.17) is 14.5 Å². The van der Waals surface area contributed by atoms with Gasteiger partial charge in [-0.15, -0.1) is 5.10 Å². The molecule has 13 nitrogen and oxygen atoms in total. The van der Waals surface area contributed by atoms with Gasteiger partial charge in [0, 0.05) is 18.7 Å². The van der Waals surface area contributed by atoms with Crippen molar-refractivity contribution < 1.29 is 38.0 Å². The second-order valence-electron chi connectivity index (χ2n) is 10.4. The number of morpholine rings is 1. The molecule has 3 N–H and O–H groups in total. The van der Waals surface area contributed by atoms with Crippen LogP contribution in [-0.2, 0) is 9.47 Å². The summed E-state index contributed by atoms with van der Waals surface area (Å²) in [4.78, 5) is 11.2. The van der Waals surface area contributed by atoms with Crippen molar-refractivity contribution in [3.05, 3.63) is 66.1 Å². The number of aliphatic hydroxyl groups excluding tert-OH is 3. The molecule has 5 heterocycles. The van der Waals surface area contributed by atoms with Gasteiger partial charge < -0.3 is 29.7 Å². The van der Waals surface area contributed by atoms with Crippen molar-refractivity contribution in [1.29, 1.82) is 0 Å². The van der Waals surface area contributed by atoms with Crippen molar-refractivity contribution >= 4 is 26.7 Å². The molecule has 7 rings (SSSR count). The van der Waals surface area contributed by atoms with Crippen LogP contribution in [0.3, 0.4) is 0 Å². The van der Waals surface area contributed by atoms with Gasteiger partial charge in [-0.2, -0.15) is 5.10 Å². The van der Waals surface area contributed by atoms with Gasteiger partial charge in [0.2, 0.25) is 0 Å². The summed E-state index contributed by atoms with van der Waals surface area (Å²) in [5.74, 6) is -4.25. The third kappa shape index (κ3) is 5.00. The highest BCUT2D eigenvalue weighted by atomic mass is 32.1. The third-order valence-electron chi connectivity index (χ3n) is 7.70. The second kappa shape index (κ2) is 11.5. The van der Waals surface area contributed by atoms with Crippen molar-refractivity contribution in [2.75, 3.05) is 37.8 Å². The fourth-order valence-corrected chi connectivity index (χ4v) is 6.50. The number of thiazole rings is 1. The Morgan fingerprint density at radius 1 is 1.02 bits per heavy atom. The molecule has 2 aliphatic rings. The van der Waals surface area contributed by atoms with E-state index >= 15 is 0 Å². The summed E-state index contributed by atoms with van der Waals surface area (Å²) in [7, 11) is 0. The van der Waals surface area contributed by atoms with Gasteiger partial charge in [-0.1, -0.05) is 16.6 Å². The molecule has 230 valence electrons. The van der Waals surface area contributed by atoms with Crippen LogP contribution in [0.25, 0.3) is 27.2 Å². The maximum absolute atomic E-state index is 13.8. The molecule has 0 amide bonds. The highest BCUT2D eigenvalue weighted by molar-refractivity contribution is 7.22. The first-order chi connectivity index (χ1) is 21.3. The van der Waals surface area contributed by atoms with Crippen molar-refractivity contribution in [1.82, 2.24) is 34.7 Å². The number of rotatable bonds is 6. The molecule has 3 aromatic heterocycles. The smallest absolute Gasteiger partial charge is 0.194 e. The van der Waals surface area contributed by atoms with Crippen LogP contribution >= 0.6 is 11.3 Å². The predicted molar refractivity (Wildman–Crippen MR) is 149 cm³/mol. The van der Waals surface area contributed by atoms with Crippen LogP contribution < -0.4 is 4.90 Å². The normalized spacial score (nSPS) is 24.3. The lowest BCUT2D eigenvalue weighted by Gasteiger charge is -2.41. The van der Waals surface area contributed by atoms with E-state index in [2.05, 4.69) is 25.3 Å². The summed E-state index contributed by atoms with van der Waals surface area (Å²) < 4.78 is 56.0. The summed E-state index contributed by atoms with van der Waals surface area (Å²) in [5, 5.41) is 45.6. The summed E-state index contributed by atoms with van der Waals surface area (Å²) >= 11 is 1.53. The molecule has 2 saturated heterocycles. The van der Waals surface area contributed by atoms with Gasteiger partial charge in [0.05, 0.1) is 41.9 Å². The Kier molecular flexibility index (Phi) is 7.51. The molecule has 17 heteroatoms. The van der Waals surface area contributed by atoms with Crippen LogP contribution in [0.15, 0.2) is 42.9 Å². The molecule has 2 aromatic carbocycles. The largest absolute Gasteiger partial charge is 0.394 e. The quantitative estimate of drug-likeness (QED) is 0.235. The highest BCUT2D eigenvalue weighted by Gasteiger charge is 2.48. The molecule has 44 heavy (non-hydrogen) atoms. The lowest BCUT2D eigenvalue weighted by Crippen LogP contribution is -2.53. The molecule has 2 aliphatic heterocycles. The van der Waals surface area contributed by atoms with Crippen LogP contribution in [-0.4, -0.2) is 101 Å². The maximum atomic E-state index is 13.8. The molecule has 5 aromatic rings. The minimum atomic E-state index is -1.62. The van der Waals surface area contributed by atoms with Crippen LogP contribution in [0.1, 0.15) is 18.0 Å². The Morgan fingerprint density at radius 3 is 2.55 bits per heavy atom. The van der Waals surface area contributed by atoms with Crippen LogP contribution in [0, 0.1) is 17.5 Å². The predicted octanol–water partition coefficient (Wildman–Crippen LogP) is 1.78. The average Bonchev–Trinajstić information content (AvgIpc) is 3.80. The van der Waals surface area contributed by atoms with Gasteiger partial charge in [-0.25, -0.2) is 32.5 Å². The number of fused-ring (bicyclic) bond motifs is 1. The monoisotopic (exact) mass is 630 g/mol. The Bertz CT molecular complexity index is 1790. The number of aliphatic hydroxyl groups is 3. The van der Waals surface area contributed by atoms with Gasteiger partial charge in [-0.05, 0) is 30.3 Å². The molecule has 2 fully saturated rings. The number of hydrogen-bond donors (Lipinski definition) is 3. The number of benzene rings is 2. The SMILES string of the molecule is OC[C@H]1O[C@@H](c2ncnn2-c2ccc3nc(N4CCOCC4)sc3c2)[C@H](O)[C@@H](n2cc(-c3cc(F)c(F)c(F)c3)nn2)[C@H]1O. The first-order valence-corrected chi connectivity index (χ1v) is 14.5.